The van der Waals surface area contributed by atoms with Gasteiger partial charge in [-0.2, -0.15) is 13.2 Å². The summed E-state index contributed by atoms with van der Waals surface area (Å²) >= 11 is 0. The van der Waals surface area contributed by atoms with Crippen molar-refractivity contribution in [3.63, 3.8) is 0 Å². The molecule has 2 aromatic carbocycles. The van der Waals surface area contributed by atoms with Crippen LogP contribution in [0.1, 0.15) is 17.5 Å². The zero-order valence-electron chi connectivity index (χ0n) is 22.5. The summed E-state index contributed by atoms with van der Waals surface area (Å²) in [5, 5.41) is 12.4. The summed E-state index contributed by atoms with van der Waals surface area (Å²) in [6.45, 7) is 0.127. The second-order valence-electron chi connectivity index (χ2n) is 8.15. The van der Waals surface area contributed by atoms with Crippen molar-refractivity contribution in [1.82, 2.24) is 10.6 Å². The van der Waals surface area contributed by atoms with Gasteiger partial charge in [0, 0.05) is 19.2 Å². The van der Waals surface area contributed by atoms with E-state index in [1.54, 1.807) is 18.2 Å². The molecule has 0 aliphatic carbocycles. The molecular formula is C26H32F3N3O9. The number of carboxylic acid groups (broad SMARTS) is 1. The molecule has 0 saturated carbocycles. The SMILES string of the molecule is COC[C@H](NC(=O)[C@@H](N)CC(=O)OCc1ccccc1)C(=O)NCc1cccc(OC)c1OC.O=C(O)C(F)(F)F. The number of nitrogens with one attached hydrogen (secondary N) is 2. The Morgan fingerprint density at radius 2 is 1.59 bits per heavy atom. The highest BCUT2D eigenvalue weighted by molar-refractivity contribution is 5.91. The molecule has 0 saturated heterocycles. The predicted molar refractivity (Wildman–Crippen MR) is 138 cm³/mol. The van der Waals surface area contributed by atoms with Gasteiger partial charge in [0.25, 0.3) is 0 Å². The summed E-state index contributed by atoms with van der Waals surface area (Å²) in [6.07, 6.45) is -5.42. The van der Waals surface area contributed by atoms with E-state index < -0.39 is 42.0 Å². The number of para-hydroxylation sites is 1. The van der Waals surface area contributed by atoms with Crippen LogP contribution in [0, 0.1) is 0 Å². The van der Waals surface area contributed by atoms with Crippen molar-refractivity contribution in [3.05, 3.63) is 59.7 Å². The van der Waals surface area contributed by atoms with Crippen LogP contribution in [0.5, 0.6) is 11.5 Å². The van der Waals surface area contributed by atoms with Crippen molar-refractivity contribution in [1.29, 1.82) is 0 Å². The van der Waals surface area contributed by atoms with Gasteiger partial charge in [-0.3, -0.25) is 14.4 Å². The van der Waals surface area contributed by atoms with E-state index in [2.05, 4.69) is 10.6 Å². The molecule has 15 heteroatoms. The monoisotopic (exact) mass is 587 g/mol. The van der Waals surface area contributed by atoms with Crippen LogP contribution in [0.4, 0.5) is 13.2 Å². The van der Waals surface area contributed by atoms with E-state index in [-0.39, 0.29) is 26.2 Å². The van der Waals surface area contributed by atoms with Crippen molar-refractivity contribution in [3.8, 4) is 11.5 Å². The molecule has 2 aromatic rings. The molecule has 0 heterocycles. The van der Waals surface area contributed by atoms with Gasteiger partial charge in [0.15, 0.2) is 11.5 Å². The number of carboxylic acids is 1. The van der Waals surface area contributed by atoms with Gasteiger partial charge in [0.1, 0.15) is 12.6 Å². The minimum Gasteiger partial charge on any atom is -0.493 e. The van der Waals surface area contributed by atoms with Crippen LogP contribution in [0.15, 0.2) is 48.5 Å². The highest BCUT2D eigenvalue weighted by Gasteiger charge is 2.38. The number of methoxy groups -OCH3 is 3. The number of hydrogen-bond donors (Lipinski definition) is 4. The van der Waals surface area contributed by atoms with Crippen LogP contribution in [-0.2, 0) is 41.8 Å². The molecule has 5 N–H and O–H groups in total. The lowest BCUT2D eigenvalue weighted by molar-refractivity contribution is -0.192. The van der Waals surface area contributed by atoms with E-state index in [0.29, 0.717) is 17.1 Å². The van der Waals surface area contributed by atoms with E-state index >= 15 is 0 Å². The minimum absolute atomic E-state index is 0.0798. The van der Waals surface area contributed by atoms with E-state index in [4.69, 9.17) is 34.6 Å². The number of benzene rings is 2. The Bertz CT molecular complexity index is 1150. The molecule has 0 unspecified atom stereocenters. The van der Waals surface area contributed by atoms with Gasteiger partial charge in [-0.1, -0.05) is 42.5 Å². The van der Waals surface area contributed by atoms with Crippen molar-refractivity contribution in [2.45, 2.75) is 37.8 Å². The first-order chi connectivity index (χ1) is 19.3. The van der Waals surface area contributed by atoms with Gasteiger partial charge in [-0.05, 0) is 11.6 Å². The summed E-state index contributed by atoms with van der Waals surface area (Å²) in [5.41, 5.74) is 7.36. The maximum absolute atomic E-state index is 12.7. The standard InChI is InChI=1S/C24H31N3O7.C2HF3O2/c1-31-15-19(24(30)26-13-17-10-7-11-20(32-2)22(17)33-3)27-23(29)18(25)12-21(28)34-14-16-8-5-4-6-9-16;3-2(4,5)1(6)7/h4-11,18-19H,12-15,25H2,1-3H3,(H,26,30)(H,27,29);(H,6,7)/t18-,19-;/m0./s1. The fraction of sp³-hybridized carbons (Fsp3) is 0.385. The number of halogens is 3. The number of nitrogens with two attached hydrogens (primary N) is 1. The number of carbonyl (C=O) groups is 4. The minimum atomic E-state index is -5.08. The molecule has 0 aliphatic rings. The molecule has 226 valence electrons. The third-order valence-electron chi connectivity index (χ3n) is 5.11. The van der Waals surface area contributed by atoms with Crippen molar-refractivity contribution >= 4 is 23.8 Å². The predicted octanol–water partition coefficient (Wildman–Crippen LogP) is 1.55. The molecule has 41 heavy (non-hydrogen) atoms. The highest BCUT2D eigenvalue weighted by atomic mass is 19.4. The number of rotatable bonds is 13. The molecule has 0 aliphatic heterocycles. The number of amides is 2. The van der Waals surface area contributed by atoms with E-state index in [0.717, 1.165) is 5.56 Å². The van der Waals surface area contributed by atoms with Gasteiger partial charge in [-0.15, -0.1) is 0 Å². The quantitative estimate of drug-likeness (QED) is 0.252. The molecule has 2 rings (SSSR count). The topological polar surface area (TPSA) is 176 Å². The molecule has 2 atom stereocenters. The number of ether oxygens (including phenoxy) is 4. The fourth-order valence-corrected chi connectivity index (χ4v) is 3.10. The molecular weight excluding hydrogens is 555 g/mol. The third kappa shape index (κ3) is 12.6. The molecule has 12 nitrogen and oxygen atoms in total. The Morgan fingerprint density at radius 3 is 2.12 bits per heavy atom. The molecule has 2 amide bonds. The van der Waals surface area contributed by atoms with Crippen LogP contribution in [-0.4, -0.2) is 75.1 Å². The van der Waals surface area contributed by atoms with Crippen molar-refractivity contribution in [2.75, 3.05) is 27.9 Å². The summed E-state index contributed by atoms with van der Waals surface area (Å²) < 4.78 is 52.6. The smallest absolute Gasteiger partial charge is 0.490 e. The van der Waals surface area contributed by atoms with E-state index in [9.17, 15) is 27.6 Å². The summed E-state index contributed by atoms with van der Waals surface area (Å²) in [5.74, 6) is -3.52. The largest absolute Gasteiger partial charge is 0.493 e. The van der Waals surface area contributed by atoms with Crippen LogP contribution >= 0.6 is 0 Å². The van der Waals surface area contributed by atoms with Crippen LogP contribution in [0.3, 0.4) is 0 Å². The third-order valence-corrected chi connectivity index (χ3v) is 5.11. The van der Waals surface area contributed by atoms with E-state index in [1.165, 1.54) is 21.3 Å². The number of aliphatic carboxylic acids is 1. The summed E-state index contributed by atoms with van der Waals surface area (Å²) in [7, 11) is 4.42. The van der Waals surface area contributed by atoms with E-state index in [1.807, 2.05) is 30.3 Å². The van der Waals surface area contributed by atoms with Crippen LogP contribution < -0.4 is 25.8 Å². The lowest BCUT2D eigenvalue weighted by atomic mass is 10.1. The molecule has 0 spiro atoms. The molecule has 0 bridgehead atoms. The lowest BCUT2D eigenvalue weighted by Crippen LogP contribution is -2.53. The first-order valence-corrected chi connectivity index (χ1v) is 11.9. The maximum atomic E-state index is 12.7. The molecule has 0 aromatic heterocycles. The van der Waals surface area contributed by atoms with Gasteiger partial charge in [-0.25, -0.2) is 4.79 Å². The number of alkyl halides is 3. The highest BCUT2D eigenvalue weighted by Crippen LogP contribution is 2.30. The summed E-state index contributed by atoms with van der Waals surface area (Å²) in [6, 6.07) is 12.2. The second-order valence-corrected chi connectivity index (χ2v) is 8.15. The summed E-state index contributed by atoms with van der Waals surface area (Å²) in [4.78, 5) is 46.1. The molecule has 0 fully saturated rings. The first-order valence-electron chi connectivity index (χ1n) is 11.9. The molecule has 0 radical (unpaired) electrons. The number of hydrogen-bond acceptors (Lipinski definition) is 9. The number of esters is 1. The van der Waals surface area contributed by atoms with Gasteiger partial charge in [0.2, 0.25) is 11.8 Å². The lowest BCUT2D eigenvalue weighted by Gasteiger charge is -2.20. The Kier molecular flexibility index (Phi) is 14.7. The maximum Gasteiger partial charge on any atom is 0.490 e. The van der Waals surface area contributed by atoms with Gasteiger partial charge >= 0.3 is 18.1 Å². The first kappa shape index (κ1) is 34.7. The van der Waals surface area contributed by atoms with Crippen molar-refractivity contribution in [2.24, 2.45) is 5.73 Å². The second kappa shape index (κ2) is 17.3. The zero-order chi connectivity index (χ0) is 31.0. The van der Waals surface area contributed by atoms with Crippen molar-refractivity contribution < 1.29 is 56.4 Å². The average Bonchev–Trinajstić information content (AvgIpc) is 2.94. The van der Waals surface area contributed by atoms with Gasteiger partial charge < -0.3 is 40.4 Å². The van der Waals surface area contributed by atoms with Gasteiger partial charge in [0.05, 0.1) is 33.3 Å². The fourth-order valence-electron chi connectivity index (χ4n) is 3.10. The normalized spacial score (nSPS) is 12.1. The number of carbonyl (C=O) groups excluding carboxylic acids is 3. The average molecular weight is 588 g/mol. The van der Waals surface area contributed by atoms with Crippen LogP contribution in [0.2, 0.25) is 0 Å². The Hall–Kier alpha value is -4.37. The Labute approximate surface area is 233 Å². The van der Waals surface area contributed by atoms with Crippen LogP contribution in [0.25, 0.3) is 0 Å². The Balaban J connectivity index is 0.00000106. The zero-order valence-corrected chi connectivity index (χ0v) is 22.5. The Morgan fingerprint density at radius 1 is 0.951 bits per heavy atom.